The van der Waals surface area contributed by atoms with Crippen LogP contribution in [0.25, 0.3) is 32.9 Å². The van der Waals surface area contributed by atoms with E-state index in [0.29, 0.717) is 37.8 Å². The highest BCUT2D eigenvalue weighted by Gasteiger charge is 2.34. The molecule has 4 rings (SSSR count). The van der Waals surface area contributed by atoms with Crippen LogP contribution in [-0.4, -0.2) is 40.7 Å². The number of aromatic amines is 1. The van der Waals surface area contributed by atoms with Crippen molar-refractivity contribution in [2.75, 3.05) is 32.3 Å². The minimum atomic E-state index is -4.48. The van der Waals surface area contributed by atoms with Crippen molar-refractivity contribution in [3.8, 4) is 11.1 Å². The van der Waals surface area contributed by atoms with E-state index in [-0.39, 0.29) is 11.5 Å². The zero-order chi connectivity index (χ0) is 21.0. The third-order valence-electron chi connectivity index (χ3n) is 4.48. The number of fused-ring (bicyclic) bond motifs is 3. The number of hydrogen-bond donors (Lipinski definition) is 3. The van der Waals surface area contributed by atoms with Crippen LogP contribution in [0.2, 0.25) is 0 Å². The number of hydrogen-bond acceptors (Lipinski definition) is 4. The second kappa shape index (κ2) is 6.35. The predicted octanol–water partition coefficient (Wildman–Crippen LogP) is 4.41. The first-order valence-electron chi connectivity index (χ1n) is 8.88. The third-order valence-corrected chi connectivity index (χ3v) is 4.48. The molecular weight excluding hydrogens is 381 g/mol. The number of nitrogens with zero attached hydrogens (tertiary/aromatic N) is 3. The summed E-state index contributed by atoms with van der Waals surface area (Å²) in [6, 6.07) is 8.90. The minimum absolute atomic E-state index is 0.0653. The van der Waals surface area contributed by atoms with E-state index in [1.165, 1.54) is 12.1 Å². The molecule has 0 radical (unpaired) electrons. The summed E-state index contributed by atoms with van der Waals surface area (Å²) in [5, 5.41) is 1.40. The van der Waals surface area contributed by atoms with Gasteiger partial charge in [-0.25, -0.2) is 10.0 Å². The van der Waals surface area contributed by atoms with E-state index in [2.05, 4.69) is 20.4 Å². The summed E-state index contributed by atoms with van der Waals surface area (Å²) in [6.07, 6.45) is -2.90. The minimum Gasteiger partial charge on any atom is -0.369 e. The van der Waals surface area contributed by atoms with E-state index in [0.717, 1.165) is 6.07 Å². The molecular formula is C20H20F3N6+. The lowest BCUT2D eigenvalue weighted by atomic mass is 9.95. The van der Waals surface area contributed by atoms with E-state index in [1.54, 1.807) is 24.4 Å². The van der Waals surface area contributed by atoms with Crippen LogP contribution < -0.4 is 11.2 Å². The van der Waals surface area contributed by atoms with Gasteiger partial charge in [-0.15, -0.1) is 0 Å². The van der Waals surface area contributed by atoms with E-state index >= 15 is 0 Å². The number of nitrogens with two attached hydrogens (primary N) is 1. The molecule has 2 aromatic heterocycles. The first-order valence-corrected chi connectivity index (χ1v) is 8.88. The highest BCUT2D eigenvalue weighted by atomic mass is 19.4. The van der Waals surface area contributed by atoms with Gasteiger partial charge in [0, 0.05) is 17.1 Å². The van der Waals surface area contributed by atoms with E-state index in [1.807, 2.05) is 21.1 Å². The molecule has 0 aliphatic rings. The SMILES string of the molecule is C[N+](C)(C)Nc1nc(N)[nH]c2cc(-c3ccccc3C(F)(F)F)c3nccc3c12. The molecule has 0 aliphatic carbocycles. The molecule has 0 atom stereocenters. The molecule has 150 valence electrons. The quantitative estimate of drug-likeness (QED) is 0.351. The molecule has 0 saturated carbocycles. The second-order valence-electron chi connectivity index (χ2n) is 7.69. The average molecular weight is 401 g/mol. The van der Waals surface area contributed by atoms with Gasteiger partial charge in [-0.2, -0.15) is 18.2 Å². The fraction of sp³-hybridized carbons (Fsp3) is 0.200. The topological polar surface area (TPSA) is 79.6 Å². The summed E-state index contributed by atoms with van der Waals surface area (Å²) in [7, 11) is 5.78. The Morgan fingerprint density at radius 3 is 2.48 bits per heavy atom. The number of benzene rings is 2. The van der Waals surface area contributed by atoms with Crippen molar-refractivity contribution in [1.29, 1.82) is 0 Å². The summed E-state index contributed by atoms with van der Waals surface area (Å²) >= 11 is 0. The lowest BCUT2D eigenvalue weighted by Gasteiger charge is -2.25. The third kappa shape index (κ3) is 3.44. The molecule has 0 saturated heterocycles. The number of quaternary nitrogens is 1. The van der Waals surface area contributed by atoms with Crippen LogP contribution >= 0.6 is 0 Å². The van der Waals surface area contributed by atoms with Gasteiger partial charge in [-0.1, -0.05) is 18.2 Å². The zero-order valence-electron chi connectivity index (χ0n) is 16.1. The largest absolute Gasteiger partial charge is 0.417 e. The molecule has 0 fully saturated rings. The van der Waals surface area contributed by atoms with E-state index < -0.39 is 11.7 Å². The number of H-pyrrole nitrogens is 1. The highest BCUT2D eigenvalue weighted by Crippen LogP contribution is 2.42. The van der Waals surface area contributed by atoms with E-state index in [9.17, 15) is 13.2 Å². The van der Waals surface area contributed by atoms with Crippen molar-refractivity contribution in [3.05, 3.63) is 48.2 Å². The van der Waals surface area contributed by atoms with Crippen molar-refractivity contribution in [1.82, 2.24) is 15.0 Å². The standard InChI is InChI=1S/C20H20F3N6/c1-29(2,3)28-18-16-12-8-9-25-17(12)13(10-15(16)26-19(24)27-18)11-6-4-5-7-14(11)20(21,22)23/h4-10,28H,1-3H3,(H3,24,26,27)/q+1. The smallest absolute Gasteiger partial charge is 0.369 e. The molecule has 9 heteroatoms. The number of alkyl halides is 3. The van der Waals surface area contributed by atoms with Crippen LogP contribution in [0, 0.1) is 0 Å². The summed E-state index contributed by atoms with van der Waals surface area (Å²) in [4.78, 5) is 11.7. The monoisotopic (exact) mass is 401 g/mol. The predicted molar refractivity (Wildman–Crippen MR) is 108 cm³/mol. The average Bonchev–Trinajstić information content (AvgIpc) is 3.08. The maximum atomic E-state index is 13.6. The van der Waals surface area contributed by atoms with Crippen LogP contribution in [-0.2, 0) is 6.18 Å². The van der Waals surface area contributed by atoms with Gasteiger partial charge in [0.25, 0.3) is 0 Å². The molecule has 0 bridgehead atoms. The summed E-state index contributed by atoms with van der Waals surface area (Å²) in [5.74, 6) is 0.680. The van der Waals surface area contributed by atoms with Crippen LogP contribution in [0.4, 0.5) is 24.9 Å². The van der Waals surface area contributed by atoms with E-state index in [4.69, 9.17) is 5.73 Å². The first kappa shape index (κ1) is 19.0. The van der Waals surface area contributed by atoms with Gasteiger partial charge >= 0.3 is 6.18 Å². The fourth-order valence-electron chi connectivity index (χ4n) is 3.45. The molecule has 4 aromatic rings. The Morgan fingerprint density at radius 1 is 1.07 bits per heavy atom. The van der Waals surface area contributed by atoms with Gasteiger partial charge in [-0.3, -0.25) is 4.98 Å². The number of halogens is 3. The number of nitrogens with one attached hydrogen (secondary N) is 2. The fourth-order valence-corrected chi connectivity index (χ4v) is 3.45. The first-order chi connectivity index (χ1) is 13.5. The lowest BCUT2D eigenvalue weighted by Crippen LogP contribution is -2.41. The molecule has 0 unspecified atom stereocenters. The van der Waals surface area contributed by atoms with Crippen molar-refractivity contribution in [2.24, 2.45) is 0 Å². The summed E-state index contributed by atoms with van der Waals surface area (Å²) < 4.78 is 41.2. The van der Waals surface area contributed by atoms with Gasteiger partial charge < -0.3 is 10.7 Å². The van der Waals surface area contributed by atoms with Gasteiger partial charge in [0.2, 0.25) is 0 Å². The number of anilines is 2. The Kier molecular flexibility index (Phi) is 4.16. The number of rotatable bonds is 3. The van der Waals surface area contributed by atoms with Crippen molar-refractivity contribution in [3.63, 3.8) is 0 Å². The molecule has 4 N–H and O–H groups in total. The van der Waals surface area contributed by atoms with Crippen LogP contribution in [0.15, 0.2) is 42.6 Å². The van der Waals surface area contributed by atoms with Gasteiger partial charge in [-0.05, 0) is 23.8 Å². The molecule has 6 nitrogen and oxygen atoms in total. The molecule has 0 spiro atoms. The Morgan fingerprint density at radius 2 is 1.79 bits per heavy atom. The van der Waals surface area contributed by atoms with Crippen molar-refractivity contribution >= 4 is 33.6 Å². The summed E-state index contributed by atoms with van der Waals surface area (Å²) in [6.45, 7) is 0. The Balaban J connectivity index is 2.08. The van der Waals surface area contributed by atoms with Crippen molar-refractivity contribution in [2.45, 2.75) is 6.18 Å². The Hall–Kier alpha value is -3.33. The Bertz CT molecular complexity index is 1220. The molecule has 2 aromatic carbocycles. The second-order valence-corrected chi connectivity index (χ2v) is 7.69. The van der Waals surface area contributed by atoms with Crippen LogP contribution in [0.1, 0.15) is 5.56 Å². The van der Waals surface area contributed by atoms with Gasteiger partial charge in [0.05, 0.1) is 43.1 Å². The van der Waals surface area contributed by atoms with Crippen LogP contribution in [0.3, 0.4) is 0 Å². The van der Waals surface area contributed by atoms with Crippen molar-refractivity contribution < 1.29 is 17.8 Å². The molecule has 2 heterocycles. The summed E-state index contributed by atoms with van der Waals surface area (Å²) in [5.41, 5.74) is 9.97. The van der Waals surface area contributed by atoms with Crippen LogP contribution in [0.5, 0.6) is 0 Å². The van der Waals surface area contributed by atoms with Gasteiger partial charge in [0.15, 0.2) is 11.8 Å². The maximum absolute atomic E-state index is 13.6. The molecule has 0 aliphatic heterocycles. The highest BCUT2D eigenvalue weighted by molar-refractivity contribution is 6.15. The lowest BCUT2D eigenvalue weighted by molar-refractivity contribution is -0.848. The zero-order valence-corrected chi connectivity index (χ0v) is 16.1. The molecule has 0 amide bonds. The number of aromatic nitrogens is 3. The normalized spacial score (nSPS) is 12.6. The maximum Gasteiger partial charge on any atom is 0.417 e. The number of nitrogen functional groups attached to an aromatic ring is 1. The Labute approximate surface area is 164 Å². The van der Waals surface area contributed by atoms with Gasteiger partial charge in [0.1, 0.15) is 0 Å². The molecule has 29 heavy (non-hydrogen) atoms.